The molecule has 0 aliphatic carbocycles. The summed E-state index contributed by atoms with van der Waals surface area (Å²) in [5.74, 6) is 3.03. The zero-order valence-corrected chi connectivity index (χ0v) is 17.5. The van der Waals surface area contributed by atoms with Crippen LogP contribution in [-0.4, -0.2) is 44.2 Å². The largest absolute Gasteiger partial charge is 0.497 e. The van der Waals surface area contributed by atoms with Crippen LogP contribution in [0.4, 0.5) is 0 Å². The molecule has 0 bridgehead atoms. The van der Waals surface area contributed by atoms with Crippen LogP contribution in [0.15, 0.2) is 22.1 Å². The minimum Gasteiger partial charge on any atom is -0.497 e. The van der Waals surface area contributed by atoms with E-state index in [0.29, 0.717) is 36.8 Å². The Hall–Kier alpha value is -1.31. The van der Waals surface area contributed by atoms with Gasteiger partial charge in [-0.05, 0) is 46.6 Å². The molecule has 2 aliphatic heterocycles. The van der Waals surface area contributed by atoms with Crippen molar-refractivity contribution in [3.8, 4) is 5.75 Å². The molecule has 2 heterocycles. The Morgan fingerprint density at radius 3 is 1.72 bits per heavy atom. The topological polar surface area (TPSA) is 52.4 Å². The number of methoxy groups -OCH3 is 1. The van der Waals surface area contributed by atoms with Crippen molar-refractivity contribution in [2.45, 2.75) is 39.8 Å². The first kappa shape index (κ1) is 18.5. The molecule has 136 valence electrons. The molecule has 0 amide bonds. The Bertz CT molecular complexity index is 658. The summed E-state index contributed by atoms with van der Waals surface area (Å²) in [6, 6.07) is 4.35. The lowest BCUT2D eigenvalue weighted by molar-refractivity contribution is 0.291. The third kappa shape index (κ3) is 3.78. The molecule has 2 aliphatic rings. The van der Waals surface area contributed by atoms with Gasteiger partial charge in [0.15, 0.2) is 0 Å². The number of hydrogen-bond acceptors (Lipinski definition) is 5. The van der Waals surface area contributed by atoms with Crippen LogP contribution in [0.1, 0.15) is 38.8 Å². The van der Waals surface area contributed by atoms with Crippen LogP contribution < -0.4 is 4.74 Å². The SMILES string of the molecule is COc1cc(C2=N[C@@H](C(C)C)CO2)c(I)c(C2=N[C@@H](C(C)C)CO2)c1. The van der Waals surface area contributed by atoms with Gasteiger partial charge in [-0.3, -0.25) is 0 Å². The first-order valence-electron chi connectivity index (χ1n) is 8.70. The van der Waals surface area contributed by atoms with Crippen LogP contribution in [-0.2, 0) is 9.47 Å². The maximum atomic E-state index is 5.88. The predicted octanol–water partition coefficient (Wildman–Crippen LogP) is 3.90. The molecule has 0 aromatic heterocycles. The third-order valence-corrected chi connectivity index (χ3v) is 5.79. The molecule has 0 spiro atoms. The van der Waals surface area contributed by atoms with Crippen molar-refractivity contribution in [1.82, 2.24) is 0 Å². The zero-order valence-electron chi connectivity index (χ0n) is 15.4. The van der Waals surface area contributed by atoms with Gasteiger partial charge in [-0.25, -0.2) is 9.98 Å². The van der Waals surface area contributed by atoms with Crippen molar-refractivity contribution in [3.63, 3.8) is 0 Å². The highest BCUT2D eigenvalue weighted by molar-refractivity contribution is 14.1. The second-order valence-electron chi connectivity index (χ2n) is 7.15. The number of nitrogens with zero attached hydrogens (tertiary/aromatic N) is 2. The van der Waals surface area contributed by atoms with Crippen LogP contribution in [0.3, 0.4) is 0 Å². The van der Waals surface area contributed by atoms with E-state index in [0.717, 1.165) is 20.4 Å². The van der Waals surface area contributed by atoms with Crippen LogP contribution in [0.25, 0.3) is 0 Å². The fraction of sp³-hybridized carbons (Fsp3) is 0.579. The van der Waals surface area contributed by atoms with Gasteiger partial charge in [-0.2, -0.15) is 0 Å². The minimum absolute atomic E-state index is 0.200. The summed E-state index contributed by atoms with van der Waals surface area (Å²) in [4.78, 5) is 9.52. The number of ether oxygens (including phenoxy) is 3. The second-order valence-corrected chi connectivity index (χ2v) is 8.23. The maximum Gasteiger partial charge on any atom is 0.217 e. The average Bonchev–Trinajstić information content (AvgIpc) is 3.24. The Labute approximate surface area is 163 Å². The molecule has 0 N–H and O–H groups in total. The van der Waals surface area contributed by atoms with Gasteiger partial charge in [0.2, 0.25) is 11.8 Å². The van der Waals surface area contributed by atoms with E-state index < -0.39 is 0 Å². The van der Waals surface area contributed by atoms with Gasteiger partial charge in [0.05, 0.1) is 30.3 Å². The van der Waals surface area contributed by atoms with Gasteiger partial charge >= 0.3 is 0 Å². The van der Waals surface area contributed by atoms with Crippen molar-refractivity contribution in [1.29, 1.82) is 0 Å². The molecule has 5 nitrogen and oxygen atoms in total. The van der Waals surface area contributed by atoms with Gasteiger partial charge in [-0.15, -0.1) is 0 Å². The molecular weight excluding hydrogens is 431 g/mol. The molecule has 3 rings (SSSR count). The summed E-state index contributed by atoms with van der Waals surface area (Å²) < 4.78 is 18.3. The van der Waals surface area contributed by atoms with E-state index in [-0.39, 0.29) is 12.1 Å². The maximum absolute atomic E-state index is 5.88. The number of hydrogen-bond donors (Lipinski definition) is 0. The fourth-order valence-corrected chi connectivity index (χ4v) is 3.56. The summed E-state index contributed by atoms with van der Waals surface area (Å²) in [6.07, 6.45) is 0. The van der Waals surface area contributed by atoms with Crippen LogP contribution in [0.2, 0.25) is 0 Å². The lowest BCUT2D eigenvalue weighted by Gasteiger charge is -2.12. The van der Waals surface area contributed by atoms with E-state index in [2.05, 4.69) is 50.3 Å². The van der Waals surface area contributed by atoms with Crippen molar-refractivity contribution in [2.75, 3.05) is 20.3 Å². The standard InChI is InChI=1S/C19H25IN2O3/c1-10(2)15-8-24-18(21-15)13-6-12(23-5)7-14(17(13)20)19-22-16(9-25-19)11(3)4/h6-7,10-11,15-16H,8-9H2,1-5H3/t15-,16-/m1/s1. The Kier molecular flexibility index (Phi) is 5.55. The minimum atomic E-state index is 0.200. The Balaban J connectivity index is 2.01. The molecule has 0 saturated carbocycles. The monoisotopic (exact) mass is 456 g/mol. The van der Waals surface area contributed by atoms with Gasteiger partial charge in [0, 0.05) is 3.57 Å². The van der Waals surface area contributed by atoms with Gasteiger partial charge in [0.1, 0.15) is 19.0 Å². The normalized spacial score (nSPS) is 22.7. The highest BCUT2D eigenvalue weighted by Crippen LogP contribution is 2.30. The molecule has 0 saturated heterocycles. The molecular formula is C19H25IN2O3. The van der Waals surface area contributed by atoms with Crippen LogP contribution in [0, 0.1) is 15.4 Å². The van der Waals surface area contributed by atoms with Crippen molar-refractivity contribution in [2.24, 2.45) is 21.8 Å². The summed E-state index contributed by atoms with van der Waals surface area (Å²) >= 11 is 2.32. The molecule has 0 radical (unpaired) electrons. The van der Waals surface area contributed by atoms with Gasteiger partial charge < -0.3 is 14.2 Å². The summed E-state index contributed by atoms with van der Waals surface area (Å²) in [6.45, 7) is 9.90. The predicted molar refractivity (Wildman–Crippen MR) is 108 cm³/mol. The van der Waals surface area contributed by atoms with E-state index in [4.69, 9.17) is 24.2 Å². The smallest absolute Gasteiger partial charge is 0.217 e. The molecule has 2 atom stereocenters. The zero-order chi connectivity index (χ0) is 18.1. The number of benzene rings is 1. The lowest BCUT2D eigenvalue weighted by Crippen LogP contribution is -2.13. The van der Waals surface area contributed by atoms with E-state index in [1.165, 1.54) is 0 Å². The highest BCUT2D eigenvalue weighted by Gasteiger charge is 2.29. The van der Waals surface area contributed by atoms with E-state index >= 15 is 0 Å². The average molecular weight is 456 g/mol. The summed E-state index contributed by atoms with van der Waals surface area (Å²) in [7, 11) is 1.66. The molecule has 6 heteroatoms. The Morgan fingerprint density at radius 1 is 0.960 bits per heavy atom. The van der Waals surface area contributed by atoms with Crippen molar-refractivity contribution >= 4 is 34.4 Å². The lowest BCUT2D eigenvalue weighted by atomic mass is 10.1. The van der Waals surface area contributed by atoms with Gasteiger partial charge in [-0.1, -0.05) is 27.7 Å². The van der Waals surface area contributed by atoms with Crippen LogP contribution >= 0.6 is 22.6 Å². The molecule has 0 fully saturated rings. The van der Waals surface area contributed by atoms with Gasteiger partial charge in [0.25, 0.3) is 0 Å². The molecule has 0 unspecified atom stereocenters. The number of aliphatic imine (C=N–C) groups is 2. The van der Waals surface area contributed by atoms with Crippen LogP contribution in [0.5, 0.6) is 5.75 Å². The third-order valence-electron chi connectivity index (χ3n) is 4.63. The molecule has 1 aromatic rings. The summed E-state index contributed by atoms with van der Waals surface area (Å²) in [5.41, 5.74) is 1.88. The quantitative estimate of drug-likeness (QED) is 0.632. The molecule has 25 heavy (non-hydrogen) atoms. The van der Waals surface area contributed by atoms with E-state index in [1.807, 2.05) is 12.1 Å². The number of halogens is 1. The van der Waals surface area contributed by atoms with Crippen molar-refractivity contribution < 1.29 is 14.2 Å². The van der Waals surface area contributed by atoms with E-state index in [9.17, 15) is 0 Å². The van der Waals surface area contributed by atoms with E-state index in [1.54, 1.807) is 7.11 Å². The highest BCUT2D eigenvalue weighted by atomic mass is 127. The fourth-order valence-electron chi connectivity index (χ4n) is 2.78. The summed E-state index contributed by atoms with van der Waals surface area (Å²) in [5, 5.41) is 0. The van der Waals surface area contributed by atoms with Crippen molar-refractivity contribution in [3.05, 3.63) is 26.8 Å². The Morgan fingerprint density at radius 2 is 1.40 bits per heavy atom. The first-order valence-corrected chi connectivity index (χ1v) is 9.78. The second kappa shape index (κ2) is 7.51. The first-order chi connectivity index (χ1) is 11.9. The number of rotatable bonds is 5. The molecule has 1 aromatic carbocycles.